The van der Waals surface area contributed by atoms with Crippen molar-refractivity contribution in [2.75, 3.05) is 13.1 Å². The third-order valence-corrected chi connectivity index (χ3v) is 5.24. The van der Waals surface area contributed by atoms with Gasteiger partial charge in [0.05, 0.1) is 15.0 Å². The molecule has 24 heavy (non-hydrogen) atoms. The summed E-state index contributed by atoms with van der Waals surface area (Å²) in [5, 5.41) is 3.78. The highest BCUT2D eigenvalue weighted by Crippen LogP contribution is 2.35. The molecule has 1 N–H and O–H groups in total. The number of nitrogens with zero attached hydrogens (tertiary/aromatic N) is 2. The molecule has 0 saturated carbocycles. The van der Waals surface area contributed by atoms with Crippen LogP contribution >= 0.6 is 35.0 Å². The molecule has 2 heterocycles. The number of nitrogens with one attached hydrogen (secondary N) is 1. The zero-order chi connectivity index (χ0) is 17.1. The topological polar surface area (TPSA) is 61.8 Å². The molecule has 0 radical (unpaired) electrons. The number of hydrogen-bond acceptors (Lipinski definition) is 4. The molecule has 0 spiro atoms. The van der Waals surface area contributed by atoms with Gasteiger partial charge >= 0.3 is 0 Å². The fourth-order valence-electron chi connectivity index (χ4n) is 2.50. The van der Waals surface area contributed by atoms with E-state index in [1.165, 1.54) is 6.08 Å². The number of benzene rings is 1. The smallest absolute Gasteiger partial charge is 0.264 e. The van der Waals surface area contributed by atoms with Crippen LogP contribution in [-0.4, -0.2) is 35.0 Å². The Balaban J connectivity index is 1.77. The number of amides is 2. The van der Waals surface area contributed by atoms with Gasteiger partial charge in [0.1, 0.15) is 5.69 Å². The van der Waals surface area contributed by atoms with Gasteiger partial charge < -0.3 is 10.2 Å². The number of halogens is 2. The van der Waals surface area contributed by atoms with E-state index in [1.807, 2.05) is 0 Å². The van der Waals surface area contributed by atoms with E-state index in [1.54, 1.807) is 23.1 Å². The van der Waals surface area contributed by atoms with Gasteiger partial charge in [0.15, 0.2) is 5.17 Å². The molecule has 8 heteroatoms. The minimum Gasteiger partial charge on any atom is -0.339 e. The highest BCUT2D eigenvalue weighted by atomic mass is 35.5. The second-order valence-electron chi connectivity index (χ2n) is 5.44. The molecular formula is C16H15Cl2N3O2S. The van der Waals surface area contributed by atoms with Gasteiger partial charge in [-0.05, 0) is 43.2 Å². The van der Waals surface area contributed by atoms with E-state index in [9.17, 15) is 9.59 Å². The second kappa shape index (κ2) is 7.59. The maximum absolute atomic E-state index is 12.2. The molecule has 0 aliphatic carbocycles. The number of para-hydroxylation sites is 1. The summed E-state index contributed by atoms with van der Waals surface area (Å²) in [6.45, 7) is 1.48. The second-order valence-corrected chi connectivity index (χ2v) is 7.28. The lowest BCUT2D eigenvalue weighted by Gasteiger charge is -2.25. The van der Waals surface area contributed by atoms with Gasteiger partial charge in [0.2, 0.25) is 5.91 Å². The van der Waals surface area contributed by atoms with Crippen LogP contribution in [0.2, 0.25) is 10.0 Å². The lowest BCUT2D eigenvalue weighted by Crippen LogP contribution is -2.34. The summed E-state index contributed by atoms with van der Waals surface area (Å²) in [7, 11) is 0. The molecule has 0 unspecified atom stereocenters. The monoisotopic (exact) mass is 383 g/mol. The standard InChI is InChI=1S/C16H15Cl2N3O2S/c17-10-5-4-6-11(18)14(10)19-16-20-15(23)12(24-16)9-13(22)21-7-2-1-3-8-21/h4-6,9H,1-3,7-8H2,(H,19,20,23)/b12-9-. The van der Waals surface area contributed by atoms with Crippen molar-refractivity contribution in [1.29, 1.82) is 0 Å². The molecule has 0 bridgehead atoms. The van der Waals surface area contributed by atoms with Crippen LogP contribution in [0.1, 0.15) is 19.3 Å². The molecule has 126 valence electrons. The number of likely N-dealkylation sites (tertiary alicyclic amines) is 1. The number of aliphatic imine (C=N–C) groups is 1. The van der Waals surface area contributed by atoms with Gasteiger partial charge in [0, 0.05) is 19.2 Å². The Morgan fingerprint density at radius 2 is 1.88 bits per heavy atom. The molecule has 0 atom stereocenters. The first-order valence-electron chi connectivity index (χ1n) is 7.57. The molecular weight excluding hydrogens is 369 g/mol. The first kappa shape index (κ1) is 17.3. The Morgan fingerprint density at radius 1 is 1.21 bits per heavy atom. The van der Waals surface area contributed by atoms with Crippen LogP contribution < -0.4 is 5.32 Å². The van der Waals surface area contributed by atoms with Crippen molar-refractivity contribution < 1.29 is 9.59 Å². The van der Waals surface area contributed by atoms with Crippen LogP contribution in [0.3, 0.4) is 0 Å². The summed E-state index contributed by atoms with van der Waals surface area (Å²) in [4.78, 5) is 30.7. The van der Waals surface area contributed by atoms with Gasteiger partial charge in [-0.3, -0.25) is 9.59 Å². The van der Waals surface area contributed by atoms with E-state index in [2.05, 4.69) is 10.3 Å². The third-order valence-electron chi connectivity index (χ3n) is 3.72. The van der Waals surface area contributed by atoms with Crippen LogP contribution in [0.5, 0.6) is 0 Å². The molecule has 2 amide bonds. The molecule has 2 aliphatic heterocycles. The number of hydrogen-bond donors (Lipinski definition) is 1. The Kier molecular flexibility index (Phi) is 5.48. The molecule has 3 rings (SSSR count). The van der Waals surface area contributed by atoms with Crippen LogP contribution in [0.4, 0.5) is 5.69 Å². The fraction of sp³-hybridized carbons (Fsp3) is 0.312. The maximum atomic E-state index is 12.2. The molecule has 2 fully saturated rings. The van der Waals surface area contributed by atoms with E-state index >= 15 is 0 Å². The van der Waals surface area contributed by atoms with Crippen LogP contribution in [-0.2, 0) is 9.59 Å². The van der Waals surface area contributed by atoms with Crippen molar-refractivity contribution in [2.24, 2.45) is 4.99 Å². The predicted molar refractivity (Wildman–Crippen MR) is 97.8 cm³/mol. The number of thioether (sulfide) groups is 1. The Morgan fingerprint density at radius 3 is 2.54 bits per heavy atom. The summed E-state index contributed by atoms with van der Waals surface area (Å²) in [6, 6.07) is 5.06. The van der Waals surface area contributed by atoms with Crippen molar-refractivity contribution >= 4 is 57.6 Å². The van der Waals surface area contributed by atoms with E-state index in [0.29, 0.717) is 25.8 Å². The minimum absolute atomic E-state index is 0.135. The fourth-order valence-corrected chi connectivity index (χ4v) is 3.77. The maximum Gasteiger partial charge on any atom is 0.264 e. The van der Waals surface area contributed by atoms with Gasteiger partial charge in [-0.2, -0.15) is 0 Å². The third kappa shape index (κ3) is 3.94. The van der Waals surface area contributed by atoms with Crippen LogP contribution in [0.15, 0.2) is 34.2 Å². The largest absolute Gasteiger partial charge is 0.339 e. The molecule has 0 aromatic heterocycles. The molecule has 2 aliphatic rings. The summed E-state index contributed by atoms with van der Waals surface area (Å²) < 4.78 is 0. The molecule has 1 aromatic rings. The molecule has 5 nitrogen and oxygen atoms in total. The van der Waals surface area contributed by atoms with Crippen molar-refractivity contribution in [2.45, 2.75) is 19.3 Å². The lowest BCUT2D eigenvalue weighted by molar-refractivity contribution is -0.127. The Hall–Kier alpha value is -1.50. The van der Waals surface area contributed by atoms with Gasteiger partial charge in [-0.1, -0.05) is 29.3 Å². The predicted octanol–water partition coefficient (Wildman–Crippen LogP) is 3.74. The van der Waals surface area contributed by atoms with Crippen molar-refractivity contribution in [3.8, 4) is 0 Å². The first-order valence-corrected chi connectivity index (χ1v) is 9.14. The highest BCUT2D eigenvalue weighted by molar-refractivity contribution is 8.18. The van der Waals surface area contributed by atoms with Crippen molar-refractivity contribution in [3.05, 3.63) is 39.2 Å². The quantitative estimate of drug-likeness (QED) is 0.791. The van der Waals surface area contributed by atoms with E-state index in [-0.39, 0.29) is 11.8 Å². The van der Waals surface area contributed by atoms with Gasteiger partial charge in [0.25, 0.3) is 5.91 Å². The van der Waals surface area contributed by atoms with E-state index < -0.39 is 0 Å². The lowest BCUT2D eigenvalue weighted by atomic mass is 10.1. The molecule has 1 aromatic carbocycles. The summed E-state index contributed by atoms with van der Waals surface area (Å²) in [6.07, 6.45) is 4.53. The Bertz CT molecular complexity index is 723. The number of carbonyl (C=O) groups is 2. The normalized spacial score (nSPS) is 21.4. The summed E-state index contributed by atoms with van der Waals surface area (Å²) >= 11 is 13.3. The number of rotatable bonds is 2. The average Bonchev–Trinajstić information content (AvgIpc) is 2.91. The van der Waals surface area contributed by atoms with E-state index in [0.717, 1.165) is 44.1 Å². The number of carbonyl (C=O) groups excluding carboxylic acids is 2. The van der Waals surface area contributed by atoms with Crippen molar-refractivity contribution in [1.82, 2.24) is 10.2 Å². The van der Waals surface area contributed by atoms with E-state index in [4.69, 9.17) is 23.2 Å². The average molecular weight is 384 g/mol. The van der Waals surface area contributed by atoms with Gasteiger partial charge in [-0.25, -0.2) is 4.99 Å². The van der Waals surface area contributed by atoms with Crippen LogP contribution in [0, 0.1) is 0 Å². The molecule has 2 saturated heterocycles. The van der Waals surface area contributed by atoms with Crippen molar-refractivity contribution in [3.63, 3.8) is 0 Å². The number of amidine groups is 1. The number of piperidine rings is 1. The SMILES string of the molecule is O=C1NC(=Nc2c(Cl)cccc2Cl)S/C1=C\C(=O)N1CCCCC1. The highest BCUT2D eigenvalue weighted by Gasteiger charge is 2.26. The minimum atomic E-state index is -0.340. The van der Waals surface area contributed by atoms with Gasteiger partial charge in [-0.15, -0.1) is 0 Å². The summed E-state index contributed by atoms with van der Waals surface area (Å²) in [5.74, 6) is -0.475. The zero-order valence-corrected chi connectivity index (χ0v) is 15.0. The summed E-state index contributed by atoms with van der Waals surface area (Å²) in [5.41, 5.74) is 0.396. The zero-order valence-electron chi connectivity index (χ0n) is 12.7. The first-order chi connectivity index (χ1) is 11.5. The van der Waals surface area contributed by atoms with Crippen LogP contribution in [0.25, 0.3) is 0 Å². The Labute approximate surface area is 154 Å².